The van der Waals surface area contributed by atoms with Crippen LogP contribution in [0.25, 0.3) is 10.2 Å². The number of aryl methyl sites for hydroxylation is 2. The Hall–Kier alpha value is -1.98. The van der Waals surface area contributed by atoms with E-state index in [2.05, 4.69) is 34.3 Å². The number of hydrazone groups is 1. The number of hydrogen-bond donors (Lipinski definition) is 1. The number of fused-ring (bicyclic) bond motifs is 1. The molecule has 0 spiro atoms. The van der Waals surface area contributed by atoms with Crippen molar-refractivity contribution in [2.24, 2.45) is 5.10 Å². The molecule has 22 heavy (non-hydrogen) atoms. The van der Waals surface area contributed by atoms with Crippen molar-refractivity contribution < 1.29 is 0 Å². The summed E-state index contributed by atoms with van der Waals surface area (Å²) in [4.78, 5) is 10.9. The Bertz CT molecular complexity index is 852. The average molecular weight is 331 g/mol. The van der Waals surface area contributed by atoms with Crippen molar-refractivity contribution in [3.05, 3.63) is 51.6 Å². The fourth-order valence-electron chi connectivity index (χ4n) is 2.16. The zero-order chi connectivity index (χ0) is 15.7. The van der Waals surface area contributed by atoms with Gasteiger partial charge in [0.05, 0.1) is 11.1 Å². The summed E-state index contributed by atoms with van der Waals surface area (Å²) in [6.07, 6.45) is 1.56. The average Bonchev–Trinajstić information content (AvgIpc) is 2.81. The molecule has 0 bridgehead atoms. The van der Waals surface area contributed by atoms with Crippen LogP contribution in [0.15, 0.2) is 35.7 Å². The third-order valence-corrected chi connectivity index (χ3v) is 4.92. The molecule has 2 aromatic heterocycles. The van der Waals surface area contributed by atoms with Crippen LogP contribution in [0.4, 0.5) is 5.82 Å². The van der Waals surface area contributed by atoms with E-state index < -0.39 is 0 Å². The second-order valence-corrected chi connectivity index (χ2v) is 6.64. The predicted octanol–water partition coefficient (Wildman–Crippen LogP) is 4.80. The molecule has 0 aliphatic rings. The SMILES string of the molecule is C/C(=N/Nc1ncnc2sc(C)c(C)c12)c1ccc(Cl)cc1. The first-order chi connectivity index (χ1) is 10.6. The molecule has 0 amide bonds. The van der Waals surface area contributed by atoms with Crippen LogP contribution in [0.5, 0.6) is 0 Å². The molecule has 0 aliphatic heterocycles. The van der Waals surface area contributed by atoms with Gasteiger partial charge in [0.1, 0.15) is 11.2 Å². The summed E-state index contributed by atoms with van der Waals surface area (Å²) in [6.45, 7) is 6.12. The van der Waals surface area contributed by atoms with Gasteiger partial charge in [-0.2, -0.15) is 5.10 Å². The highest BCUT2D eigenvalue weighted by molar-refractivity contribution is 7.18. The Morgan fingerprint density at radius 2 is 1.91 bits per heavy atom. The van der Waals surface area contributed by atoms with Crippen LogP contribution in [-0.2, 0) is 0 Å². The molecule has 4 nitrogen and oxygen atoms in total. The Morgan fingerprint density at radius 1 is 1.18 bits per heavy atom. The lowest BCUT2D eigenvalue weighted by molar-refractivity contribution is 1.18. The number of nitrogens with one attached hydrogen (secondary N) is 1. The highest BCUT2D eigenvalue weighted by atomic mass is 35.5. The molecule has 0 atom stereocenters. The molecule has 0 saturated carbocycles. The van der Waals surface area contributed by atoms with Crippen LogP contribution in [0.2, 0.25) is 5.02 Å². The molecule has 2 heterocycles. The highest BCUT2D eigenvalue weighted by Gasteiger charge is 2.11. The zero-order valence-corrected chi connectivity index (χ0v) is 14.1. The lowest BCUT2D eigenvalue weighted by Crippen LogP contribution is -2.01. The van der Waals surface area contributed by atoms with E-state index in [1.165, 1.54) is 10.4 Å². The monoisotopic (exact) mass is 330 g/mol. The van der Waals surface area contributed by atoms with Crippen molar-refractivity contribution in [3.63, 3.8) is 0 Å². The summed E-state index contributed by atoms with van der Waals surface area (Å²) in [5, 5.41) is 6.19. The first-order valence-corrected chi connectivity index (χ1v) is 8.02. The quantitative estimate of drug-likeness (QED) is 0.554. The van der Waals surface area contributed by atoms with Gasteiger partial charge in [-0.3, -0.25) is 5.43 Å². The van der Waals surface area contributed by atoms with Crippen LogP contribution >= 0.6 is 22.9 Å². The Balaban J connectivity index is 1.93. The van der Waals surface area contributed by atoms with Crippen molar-refractivity contribution in [3.8, 4) is 0 Å². The van der Waals surface area contributed by atoms with E-state index in [1.54, 1.807) is 17.7 Å². The number of hydrogen-bond acceptors (Lipinski definition) is 5. The molecule has 0 aliphatic carbocycles. The van der Waals surface area contributed by atoms with Crippen LogP contribution < -0.4 is 5.43 Å². The van der Waals surface area contributed by atoms with Gasteiger partial charge in [-0.1, -0.05) is 23.7 Å². The van der Waals surface area contributed by atoms with Crippen molar-refractivity contribution in [2.45, 2.75) is 20.8 Å². The molecule has 1 N–H and O–H groups in total. The molecule has 0 fully saturated rings. The molecule has 112 valence electrons. The van der Waals surface area contributed by atoms with Gasteiger partial charge in [0.25, 0.3) is 0 Å². The van der Waals surface area contributed by atoms with E-state index >= 15 is 0 Å². The number of aromatic nitrogens is 2. The molecule has 0 unspecified atom stereocenters. The second-order valence-electron chi connectivity index (χ2n) is 5.00. The van der Waals surface area contributed by atoms with Gasteiger partial charge in [0, 0.05) is 9.90 Å². The minimum Gasteiger partial charge on any atom is -0.260 e. The summed E-state index contributed by atoms with van der Waals surface area (Å²) in [6, 6.07) is 7.59. The van der Waals surface area contributed by atoms with Gasteiger partial charge >= 0.3 is 0 Å². The Labute approximate surface area is 137 Å². The topological polar surface area (TPSA) is 50.2 Å². The first-order valence-electron chi connectivity index (χ1n) is 6.83. The maximum Gasteiger partial charge on any atom is 0.158 e. The van der Waals surface area contributed by atoms with Crippen LogP contribution in [-0.4, -0.2) is 15.7 Å². The number of benzene rings is 1. The summed E-state index contributed by atoms with van der Waals surface area (Å²) < 4.78 is 0. The van der Waals surface area contributed by atoms with E-state index in [9.17, 15) is 0 Å². The molecule has 6 heteroatoms. The molecule has 0 radical (unpaired) electrons. The number of thiophene rings is 1. The maximum atomic E-state index is 5.90. The van der Waals surface area contributed by atoms with Crippen molar-refractivity contribution in [1.29, 1.82) is 0 Å². The van der Waals surface area contributed by atoms with Gasteiger partial charge in [0.15, 0.2) is 5.82 Å². The minimum absolute atomic E-state index is 0.714. The maximum absolute atomic E-state index is 5.90. The van der Waals surface area contributed by atoms with Gasteiger partial charge in [-0.25, -0.2) is 9.97 Å². The number of anilines is 1. The fraction of sp³-hybridized carbons (Fsp3) is 0.188. The summed E-state index contributed by atoms with van der Waals surface area (Å²) in [7, 11) is 0. The molecule has 3 rings (SSSR count). The zero-order valence-electron chi connectivity index (χ0n) is 12.5. The van der Waals surface area contributed by atoms with Crippen molar-refractivity contribution >= 4 is 44.7 Å². The van der Waals surface area contributed by atoms with Gasteiger partial charge < -0.3 is 0 Å². The fourth-order valence-corrected chi connectivity index (χ4v) is 3.28. The van der Waals surface area contributed by atoms with Gasteiger partial charge in [0.2, 0.25) is 0 Å². The predicted molar refractivity (Wildman–Crippen MR) is 94.2 cm³/mol. The summed E-state index contributed by atoms with van der Waals surface area (Å²) >= 11 is 7.57. The van der Waals surface area contributed by atoms with Gasteiger partial charge in [-0.05, 0) is 44.0 Å². The third-order valence-electron chi connectivity index (χ3n) is 3.56. The summed E-state index contributed by atoms with van der Waals surface area (Å²) in [5.41, 5.74) is 6.14. The standard InChI is InChI=1S/C16H15ClN4S/c1-9-11(3)22-16-14(9)15(18-8-19-16)21-20-10(2)12-4-6-13(17)7-5-12/h4-8H,1-3H3,(H,18,19,21)/b20-10-. The second kappa shape index (κ2) is 6.02. The van der Waals surface area contributed by atoms with E-state index in [0.717, 1.165) is 27.3 Å². The third kappa shape index (κ3) is 2.82. The molecular formula is C16H15ClN4S. The van der Waals surface area contributed by atoms with E-state index in [0.29, 0.717) is 5.02 Å². The normalized spacial score (nSPS) is 11.9. The lowest BCUT2D eigenvalue weighted by Gasteiger charge is -2.05. The van der Waals surface area contributed by atoms with Crippen LogP contribution in [0.1, 0.15) is 22.9 Å². The number of halogens is 1. The van der Waals surface area contributed by atoms with Crippen molar-refractivity contribution in [2.75, 3.05) is 5.43 Å². The van der Waals surface area contributed by atoms with Crippen LogP contribution in [0.3, 0.4) is 0 Å². The Morgan fingerprint density at radius 3 is 2.64 bits per heavy atom. The molecule has 1 aromatic carbocycles. The lowest BCUT2D eigenvalue weighted by atomic mass is 10.1. The molecular weight excluding hydrogens is 316 g/mol. The van der Waals surface area contributed by atoms with E-state index in [4.69, 9.17) is 11.6 Å². The van der Waals surface area contributed by atoms with E-state index in [-0.39, 0.29) is 0 Å². The minimum atomic E-state index is 0.714. The molecule has 3 aromatic rings. The first kappa shape index (κ1) is 14.9. The van der Waals surface area contributed by atoms with Crippen molar-refractivity contribution in [1.82, 2.24) is 9.97 Å². The Kier molecular flexibility index (Phi) is 4.09. The number of nitrogens with zero attached hydrogens (tertiary/aromatic N) is 3. The van der Waals surface area contributed by atoms with E-state index in [1.807, 2.05) is 31.2 Å². The smallest absolute Gasteiger partial charge is 0.158 e. The molecule has 0 saturated heterocycles. The number of rotatable bonds is 3. The van der Waals surface area contributed by atoms with Gasteiger partial charge in [-0.15, -0.1) is 11.3 Å². The largest absolute Gasteiger partial charge is 0.260 e. The summed E-state index contributed by atoms with van der Waals surface area (Å²) in [5.74, 6) is 0.736. The highest BCUT2D eigenvalue weighted by Crippen LogP contribution is 2.32. The van der Waals surface area contributed by atoms with Crippen LogP contribution in [0, 0.1) is 13.8 Å².